The lowest BCUT2D eigenvalue weighted by atomic mass is 9.76. The molecule has 2 rings (SSSR count). The molecule has 0 amide bonds. The molecule has 1 aliphatic rings. The molecule has 1 N–H and O–H groups in total. The maximum atomic E-state index is 5.74. The zero-order chi connectivity index (χ0) is 14.4. The third kappa shape index (κ3) is 4.82. The molecule has 0 bridgehead atoms. The van der Waals surface area contributed by atoms with Crippen LogP contribution >= 0.6 is 0 Å². The molecule has 0 aromatic heterocycles. The van der Waals surface area contributed by atoms with E-state index in [1.807, 2.05) is 6.07 Å². The van der Waals surface area contributed by atoms with E-state index in [-0.39, 0.29) is 6.10 Å². The summed E-state index contributed by atoms with van der Waals surface area (Å²) >= 11 is 0. The first-order valence-corrected chi connectivity index (χ1v) is 8.04. The van der Waals surface area contributed by atoms with Gasteiger partial charge in [0.2, 0.25) is 0 Å². The summed E-state index contributed by atoms with van der Waals surface area (Å²) < 4.78 is 5.74. The van der Waals surface area contributed by atoms with Crippen LogP contribution in [0.1, 0.15) is 58.4 Å². The highest BCUT2D eigenvalue weighted by molar-refractivity contribution is 5.28. The average molecular weight is 275 g/mol. The van der Waals surface area contributed by atoms with Crippen molar-refractivity contribution < 1.29 is 4.74 Å². The van der Waals surface area contributed by atoms with Crippen LogP contribution in [0.25, 0.3) is 0 Å². The van der Waals surface area contributed by atoms with Crippen LogP contribution in [0.3, 0.4) is 0 Å². The van der Waals surface area contributed by atoms with Gasteiger partial charge in [0.05, 0.1) is 6.10 Å². The molecule has 1 saturated carbocycles. The van der Waals surface area contributed by atoms with Crippen molar-refractivity contribution in [1.29, 1.82) is 0 Å². The molecule has 0 saturated heterocycles. The van der Waals surface area contributed by atoms with Gasteiger partial charge >= 0.3 is 0 Å². The molecule has 1 fully saturated rings. The zero-order valence-electron chi connectivity index (χ0n) is 13.2. The third-order valence-electron chi connectivity index (χ3n) is 4.21. The first-order chi connectivity index (χ1) is 9.57. The molecule has 0 heterocycles. The Bertz CT molecular complexity index is 408. The second kappa shape index (κ2) is 7.12. The largest absolute Gasteiger partial charge is 0.491 e. The monoisotopic (exact) mass is 275 g/mol. The van der Waals surface area contributed by atoms with E-state index in [0.29, 0.717) is 5.41 Å². The van der Waals surface area contributed by atoms with E-state index in [1.165, 1.54) is 37.7 Å². The minimum Gasteiger partial charge on any atom is -0.491 e. The summed E-state index contributed by atoms with van der Waals surface area (Å²) in [7, 11) is 0. The van der Waals surface area contributed by atoms with E-state index in [4.69, 9.17) is 4.74 Å². The normalized spacial score (nSPS) is 18.2. The third-order valence-corrected chi connectivity index (χ3v) is 4.21. The molecular formula is C18H29NO. The number of benzene rings is 1. The lowest BCUT2D eigenvalue weighted by Gasteiger charge is -2.33. The molecule has 0 unspecified atom stereocenters. The van der Waals surface area contributed by atoms with Gasteiger partial charge in [-0.1, -0.05) is 38.3 Å². The van der Waals surface area contributed by atoms with Gasteiger partial charge in [0.1, 0.15) is 5.75 Å². The number of ether oxygens (including phenoxy) is 1. The Labute approximate surface area is 123 Å². The van der Waals surface area contributed by atoms with Crippen molar-refractivity contribution in [3.05, 3.63) is 29.8 Å². The zero-order valence-corrected chi connectivity index (χ0v) is 13.2. The van der Waals surface area contributed by atoms with Crippen molar-refractivity contribution in [3.8, 4) is 5.75 Å². The van der Waals surface area contributed by atoms with Gasteiger partial charge in [-0.3, -0.25) is 0 Å². The van der Waals surface area contributed by atoms with Crippen molar-refractivity contribution in [3.63, 3.8) is 0 Å². The Kier molecular flexibility index (Phi) is 5.47. The van der Waals surface area contributed by atoms with E-state index < -0.39 is 0 Å². The SMILES string of the molecule is CC(C)Oc1cccc(CNCC2(C)CCCCC2)c1. The highest BCUT2D eigenvalue weighted by atomic mass is 16.5. The van der Waals surface area contributed by atoms with Gasteiger partial charge in [0.15, 0.2) is 0 Å². The lowest BCUT2D eigenvalue weighted by Crippen LogP contribution is -2.33. The number of nitrogens with one attached hydrogen (secondary N) is 1. The van der Waals surface area contributed by atoms with Crippen LogP contribution in [-0.4, -0.2) is 12.6 Å². The number of hydrogen-bond donors (Lipinski definition) is 1. The van der Waals surface area contributed by atoms with Crippen LogP contribution in [-0.2, 0) is 6.54 Å². The minimum atomic E-state index is 0.236. The molecule has 1 aromatic carbocycles. The molecule has 2 heteroatoms. The van der Waals surface area contributed by atoms with Crippen LogP contribution < -0.4 is 10.1 Å². The fraction of sp³-hybridized carbons (Fsp3) is 0.667. The molecule has 20 heavy (non-hydrogen) atoms. The fourth-order valence-electron chi connectivity index (χ4n) is 3.09. The van der Waals surface area contributed by atoms with E-state index in [2.05, 4.69) is 44.3 Å². The highest BCUT2D eigenvalue weighted by Crippen LogP contribution is 2.34. The van der Waals surface area contributed by atoms with Gasteiger partial charge in [-0.05, 0) is 49.8 Å². The summed E-state index contributed by atoms with van der Waals surface area (Å²) in [5.41, 5.74) is 1.81. The summed E-state index contributed by atoms with van der Waals surface area (Å²) in [6, 6.07) is 8.43. The van der Waals surface area contributed by atoms with Crippen molar-refractivity contribution in [1.82, 2.24) is 5.32 Å². The summed E-state index contributed by atoms with van der Waals surface area (Å²) in [6.07, 6.45) is 7.20. The smallest absolute Gasteiger partial charge is 0.120 e. The van der Waals surface area contributed by atoms with Gasteiger partial charge in [0, 0.05) is 13.1 Å². The first-order valence-electron chi connectivity index (χ1n) is 8.04. The molecular weight excluding hydrogens is 246 g/mol. The molecule has 2 nitrogen and oxygen atoms in total. The van der Waals surface area contributed by atoms with Crippen molar-refractivity contribution >= 4 is 0 Å². The van der Waals surface area contributed by atoms with Crippen LogP contribution in [0.4, 0.5) is 0 Å². The van der Waals surface area contributed by atoms with Crippen molar-refractivity contribution in [2.75, 3.05) is 6.54 Å². The van der Waals surface area contributed by atoms with E-state index in [9.17, 15) is 0 Å². The number of rotatable bonds is 6. The maximum absolute atomic E-state index is 5.74. The van der Waals surface area contributed by atoms with E-state index in [0.717, 1.165) is 18.8 Å². The van der Waals surface area contributed by atoms with Gasteiger partial charge in [-0.25, -0.2) is 0 Å². The Morgan fingerprint density at radius 1 is 1.20 bits per heavy atom. The standard InChI is InChI=1S/C18H29NO/c1-15(2)20-17-9-7-8-16(12-17)13-19-14-18(3)10-5-4-6-11-18/h7-9,12,15,19H,4-6,10-11,13-14H2,1-3H3. The summed E-state index contributed by atoms with van der Waals surface area (Å²) in [5, 5.41) is 3.64. The average Bonchev–Trinajstić information content (AvgIpc) is 2.39. The van der Waals surface area contributed by atoms with E-state index >= 15 is 0 Å². The quantitative estimate of drug-likeness (QED) is 0.823. The Morgan fingerprint density at radius 2 is 1.95 bits per heavy atom. The lowest BCUT2D eigenvalue weighted by molar-refractivity contribution is 0.207. The Balaban J connectivity index is 1.81. The maximum Gasteiger partial charge on any atom is 0.120 e. The van der Waals surface area contributed by atoms with Gasteiger partial charge < -0.3 is 10.1 Å². The number of hydrogen-bond acceptors (Lipinski definition) is 2. The molecule has 1 aliphatic carbocycles. The fourth-order valence-corrected chi connectivity index (χ4v) is 3.09. The van der Waals surface area contributed by atoms with Gasteiger partial charge in [0.25, 0.3) is 0 Å². The predicted molar refractivity (Wildman–Crippen MR) is 85.1 cm³/mol. The minimum absolute atomic E-state index is 0.236. The second-order valence-electron chi connectivity index (χ2n) is 6.79. The van der Waals surface area contributed by atoms with Crippen molar-refractivity contribution in [2.45, 2.75) is 65.5 Å². The van der Waals surface area contributed by atoms with Gasteiger partial charge in [-0.15, -0.1) is 0 Å². The van der Waals surface area contributed by atoms with Gasteiger partial charge in [-0.2, -0.15) is 0 Å². The molecule has 0 aliphatic heterocycles. The van der Waals surface area contributed by atoms with Crippen LogP contribution in [0.15, 0.2) is 24.3 Å². The van der Waals surface area contributed by atoms with E-state index in [1.54, 1.807) is 0 Å². The Morgan fingerprint density at radius 3 is 2.65 bits per heavy atom. The summed E-state index contributed by atoms with van der Waals surface area (Å²) in [5.74, 6) is 0.975. The molecule has 112 valence electrons. The van der Waals surface area contributed by atoms with Crippen LogP contribution in [0, 0.1) is 5.41 Å². The molecule has 1 aromatic rings. The molecule has 0 radical (unpaired) electrons. The molecule has 0 spiro atoms. The molecule has 0 atom stereocenters. The highest BCUT2D eigenvalue weighted by Gasteiger charge is 2.25. The summed E-state index contributed by atoms with van der Waals surface area (Å²) in [6.45, 7) is 8.62. The Hall–Kier alpha value is -1.02. The second-order valence-corrected chi connectivity index (χ2v) is 6.79. The topological polar surface area (TPSA) is 21.3 Å². The first kappa shape index (κ1) is 15.4. The summed E-state index contributed by atoms with van der Waals surface area (Å²) in [4.78, 5) is 0. The predicted octanol–water partition coefficient (Wildman–Crippen LogP) is 4.53. The van der Waals surface area contributed by atoms with Crippen LogP contribution in [0.5, 0.6) is 5.75 Å². The van der Waals surface area contributed by atoms with Crippen LogP contribution in [0.2, 0.25) is 0 Å². The van der Waals surface area contributed by atoms with Crippen molar-refractivity contribution in [2.24, 2.45) is 5.41 Å².